The normalized spacial score (nSPS) is 12.1. The van der Waals surface area contributed by atoms with Crippen LogP contribution in [0.4, 0.5) is 0 Å². The number of Topliss-reactive ketones (excluding diaryl/α,β-unsaturated/α-hetero) is 1. The molecule has 0 amide bonds. The lowest BCUT2D eigenvalue weighted by molar-refractivity contribution is -0.145. The lowest BCUT2D eigenvalue weighted by Crippen LogP contribution is -2.23. The summed E-state index contributed by atoms with van der Waals surface area (Å²) in [6.45, 7) is 1.30. The van der Waals surface area contributed by atoms with Crippen LogP contribution in [0, 0.1) is 5.92 Å². The van der Waals surface area contributed by atoms with Gasteiger partial charge in [0.1, 0.15) is 11.7 Å². The first-order valence-electron chi connectivity index (χ1n) is 4.49. The number of hydrogen-bond acceptors (Lipinski definition) is 2. The molecule has 0 aliphatic carbocycles. The van der Waals surface area contributed by atoms with Gasteiger partial charge in [-0.05, 0) is 25.0 Å². The molecule has 80 valence electrons. The van der Waals surface area contributed by atoms with Gasteiger partial charge in [-0.15, -0.1) is 0 Å². The molecule has 0 aromatic heterocycles. The highest BCUT2D eigenvalue weighted by atomic mass is 79.9. The lowest BCUT2D eigenvalue weighted by atomic mass is 9.96. The van der Waals surface area contributed by atoms with E-state index in [4.69, 9.17) is 5.11 Å². The standard InChI is InChI=1S/C11H11BrO3/c1-7(13)9(11(14)15)6-8-4-2-3-5-10(8)12/h2-5,9H,6H2,1H3,(H,14,15). The Kier molecular flexibility index (Phi) is 4.03. The van der Waals surface area contributed by atoms with E-state index < -0.39 is 11.9 Å². The molecule has 1 atom stereocenters. The van der Waals surface area contributed by atoms with Gasteiger partial charge in [0.25, 0.3) is 0 Å². The molecule has 4 heteroatoms. The first kappa shape index (κ1) is 11.9. The minimum absolute atomic E-state index is 0.228. The molecular formula is C11H11BrO3. The van der Waals surface area contributed by atoms with Crippen LogP contribution in [0.25, 0.3) is 0 Å². The highest BCUT2D eigenvalue weighted by molar-refractivity contribution is 9.10. The van der Waals surface area contributed by atoms with Crippen LogP contribution < -0.4 is 0 Å². The Morgan fingerprint density at radius 3 is 2.47 bits per heavy atom. The van der Waals surface area contributed by atoms with Gasteiger partial charge in [0, 0.05) is 4.47 Å². The maximum Gasteiger partial charge on any atom is 0.314 e. The number of benzene rings is 1. The SMILES string of the molecule is CC(=O)C(Cc1ccccc1Br)C(=O)O. The van der Waals surface area contributed by atoms with Crippen LogP contribution in [0.3, 0.4) is 0 Å². The summed E-state index contributed by atoms with van der Waals surface area (Å²) in [5.41, 5.74) is 0.833. The van der Waals surface area contributed by atoms with E-state index in [2.05, 4.69) is 15.9 Å². The van der Waals surface area contributed by atoms with Gasteiger partial charge in [-0.1, -0.05) is 34.1 Å². The second kappa shape index (κ2) is 5.07. The van der Waals surface area contributed by atoms with E-state index in [0.717, 1.165) is 10.0 Å². The van der Waals surface area contributed by atoms with Crippen LogP contribution in [0.1, 0.15) is 12.5 Å². The third kappa shape index (κ3) is 3.16. The average molecular weight is 271 g/mol. The summed E-state index contributed by atoms with van der Waals surface area (Å²) >= 11 is 3.32. The van der Waals surface area contributed by atoms with Crippen molar-refractivity contribution >= 4 is 27.7 Å². The number of halogens is 1. The zero-order valence-electron chi connectivity index (χ0n) is 8.24. The van der Waals surface area contributed by atoms with Crippen molar-refractivity contribution in [3.8, 4) is 0 Å². The van der Waals surface area contributed by atoms with Crippen molar-refractivity contribution in [1.29, 1.82) is 0 Å². The molecule has 0 aliphatic heterocycles. The Morgan fingerprint density at radius 1 is 1.40 bits per heavy atom. The lowest BCUT2D eigenvalue weighted by Gasteiger charge is -2.09. The second-order valence-corrected chi connectivity index (χ2v) is 4.15. The molecular weight excluding hydrogens is 260 g/mol. The molecule has 1 rings (SSSR count). The molecule has 3 nitrogen and oxygen atoms in total. The van der Waals surface area contributed by atoms with Gasteiger partial charge in [0.15, 0.2) is 0 Å². The first-order chi connectivity index (χ1) is 7.02. The Morgan fingerprint density at radius 2 is 2.00 bits per heavy atom. The fourth-order valence-electron chi connectivity index (χ4n) is 1.29. The van der Waals surface area contributed by atoms with Crippen molar-refractivity contribution in [2.45, 2.75) is 13.3 Å². The Bertz CT molecular complexity index is 373. The van der Waals surface area contributed by atoms with Gasteiger partial charge < -0.3 is 5.11 Å². The molecule has 1 unspecified atom stereocenters. The molecule has 0 spiro atoms. The summed E-state index contributed by atoms with van der Waals surface area (Å²) in [6.07, 6.45) is 0.228. The van der Waals surface area contributed by atoms with Gasteiger partial charge in [-0.25, -0.2) is 0 Å². The van der Waals surface area contributed by atoms with E-state index in [1.54, 1.807) is 0 Å². The van der Waals surface area contributed by atoms with E-state index in [1.165, 1.54) is 6.92 Å². The van der Waals surface area contributed by atoms with Crippen LogP contribution in [-0.4, -0.2) is 16.9 Å². The fourth-order valence-corrected chi connectivity index (χ4v) is 1.74. The summed E-state index contributed by atoms with van der Waals surface area (Å²) in [5, 5.41) is 8.86. The molecule has 1 aromatic rings. The monoisotopic (exact) mass is 270 g/mol. The predicted molar refractivity (Wildman–Crippen MR) is 59.7 cm³/mol. The highest BCUT2D eigenvalue weighted by Crippen LogP contribution is 2.20. The number of ketones is 1. The van der Waals surface area contributed by atoms with Crippen molar-refractivity contribution in [3.63, 3.8) is 0 Å². The second-order valence-electron chi connectivity index (χ2n) is 3.30. The van der Waals surface area contributed by atoms with E-state index >= 15 is 0 Å². The largest absolute Gasteiger partial charge is 0.481 e. The Labute approximate surface area is 96.2 Å². The van der Waals surface area contributed by atoms with E-state index in [9.17, 15) is 9.59 Å². The van der Waals surface area contributed by atoms with Crippen LogP contribution in [0.15, 0.2) is 28.7 Å². The summed E-state index contributed by atoms with van der Waals surface area (Å²) in [6, 6.07) is 7.30. The van der Waals surface area contributed by atoms with Crippen molar-refractivity contribution in [2.75, 3.05) is 0 Å². The van der Waals surface area contributed by atoms with E-state index in [-0.39, 0.29) is 12.2 Å². The Balaban J connectivity index is 2.88. The number of carboxylic acid groups (broad SMARTS) is 1. The zero-order chi connectivity index (χ0) is 11.4. The molecule has 0 heterocycles. The van der Waals surface area contributed by atoms with Crippen molar-refractivity contribution in [2.24, 2.45) is 5.92 Å². The van der Waals surface area contributed by atoms with E-state index in [0.29, 0.717) is 0 Å². The first-order valence-corrected chi connectivity index (χ1v) is 5.28. The smallest absolute Gasteiger partial charge is 0.314 e. The predicted octanol–water partition coefficient (Wildman–Crippen LogP) is 2.28. The number of hydrogen-bond donors (Lipinski definition) is 1. The van der Waals surface area contributed by atoms with Gasteiger partial charge in [-0.2, -0.15) is 0 Å². The minimum atomic E-state index is -1.07. The fraction of sp³-hybridized carbons (Fsp3) is 0.273. The maximum atomic E-state index is 11.1. The molecule has 0 saturated carbocycles. The maximum absolute atomic E-state index is 11.1. The van der Waals surface area contributed by atoms with E-state index in [1.807, 2.05) is 24.3 Å². The Hall–Kier alpha value is -1.16. The molecule has 0 bridgehead atoms. The van der Waals surface area contributed by atoms with Crippen LogP contribution in [-0.2, 0) is 16.0 Å². The number of carboxylic acids is 1. The molecule has 1 N–H and O–H groups in total. The molecule has 0 radical (unpaired) electrons. The molecule has 0 fully saturated rings. The van der Waals surface area contributed by atoms with Gasteiger partial charge in [0.2, 0.25) is 0 Å². The number of carbonyl (C=O) groups excluding carboxylic acids is 1. The molecule has 0 saturated heterocycles. The van der Waals surface area contributed by atoms with Gasteiger partial charge >= 0.3 is 5.97 Å². The average Bonchev–Trinajstić information content (AvgIpc) is 2.15. The summed E-state index contributed by atoms with van der Waals surface area (Å²) in [7, 11) is 0. The minimum Gasteiger partial charge on any atom is -0.481 e. The summed E-state index contributed by atoms with van der Waals surface area (Å²) in [4.78, 5) is 21.9. The van der Waals surface area contributed by atoms with Crippen LogP contribution >= 0.6 is 15.9 Å². The van der Waals surface area contributed by atoms with Crippen molar-refractivity contribution in [3.05, 3.63) is 34.3 Å². The van der Waals surface area contributed by atoms with Gasteiger partial charge in [-0.3, -0.25) is 9.59 Å². The third-order valence-electron chi connectivity index (χ3n) is 2.17. The molecule has 0 aliphatic rings. The zero-order valence-corrected chi connectivity index (χ0v) is 9.82. The summed E-state index contributed by atoms with van der Waals surface area (Å²) in [5.74, 6) is -2.35. The quantitative estimate of drug-likeness (QED) is 0.855. The van der Waals surface area contributed by atoms with Crippen molar-refractivity contribution < 1.29 is 14.7 Å². The molecule has 1 aromatic carbocycles. The topological polar surface area (TPSA) is 54.4 Å². The van der Waals surface area contributed by atoms with Crippen molar-refractivity contribution in [1.82, 2.24) is 0 Å². The number of aliphatic carboxylic acids is 1. The highest BCUT2D eigenvalue weighted by Gasteiger charge is 2.23. The van der Waals surface area contributed by atoms with Crippen LogP contribution in [0.5, 0.6) is 0 Å². The van der Waals surface area contributed by atoms with Gasteiger partial charge in [0.05, 0.1) is 0 Å². The van der Waals surface area contributed by atoms with Crippen LogP contribution in [0.2, 0.25) is 0 Å². The molecule has 15 heavy (non-hydrogen) atoms. The number of rotatable bonds is 4. The number of carbonyl (C=O) groups is 2. The third-order valence-corrected chi connectivity index (χ3v) is 2.94. The summed E-state index contributed by atoms with van der Waals surface area (Å²) < 4.78 is 0.831.